The van der Waals surface area contributed by atoms with Crippen LogP contribution in [0.5, 0.6) is 0 Å². The molecule has 3 amide bonds. The second-order valence-corrected chi connectivity index (χ2v) is 14.8. The Balaban J connectivity index is 0.000000191. The zero-order valence-electron chi connectivity index (χ0n) is 29.8. The van der Waals surface area contributed by atoms with E-state index in [0.29, 0.717) is 45.3 Å². The van der Waals surface area contributed by atoms with Gasteiger partial charge in [0.1, 0.15) is 13.2 Å². The van der Waals surface area contributed by atoms with Gasteiger partial charge in [-0.05, 0) is 54.6 Å². The smallest absolute Gasteiger partial charge is 0.410 e. The molecular weight excluding hydrogens is 616 g/mol. The van der Waals surface area contributed by atoms with E-state index in [2.05, 4.69) is 18.7 Å². The molecule has 9 nitrogen and oxygen atoms in total. The minimum atomic E-state index is -0.290. The molecule has 0 N–H and O–H groups in total. The van der Waals surface area contributed by atoms with Crippen molar-refractivity contribution in [1.82, 2.24) is 19.6 Å². The fourth-order valence-electron chi connectivity index (χ4n) is 7.85. The zero-order chi connectivity index (χ0) is 34.4. The third kappa shape index (κ3) is 11.8. The highest BCUT2D eigenvalue weighted by atomic mass is 16.6. The summed E-state index contributed by atoms with van der Waals surface area (Å²) < 4.78 is 10.8. The average molecular weight is 675 g/mol. The van der Waals surface area contributed by atoms with Crippen LogP contribution in [0.4, 0.5) is 9.59 Å². The summed E-state index contributed by atoms with van der Waals surface area (Å²) in [5, 5.41) is 0. The number of piperazine rings is 2. The molecule has 6 rings (SSSR count). The predicted octanol–water partition coefficient (Wildman–Crippen LogP) is 7.06. The van der Waals surface area contributed by atoms with E-state index in [9.17, 15) is 14.4 Å². The fourth-order valence-corrected chi connectivity index (χ4v) is 7.85. The van der Waals surface area contributed by atoms with Crippen LogP contribution in [-0.2, 0) is 27.5 Å². The predicted molar refractivity (Wildman–Crippen MR) is 192 cm³/mol. The molecule has 0 unspecified atom stereocenters. The molecule has 4 aliphatic rings. The second-order valence-electron chi connectivity index (χ2n) is 14.8. The molecule has 2 aromatic rings. The van der Waals surface area contributed by atoms with Gasteiger partial charge in [0.25, 0.3) is 0 Å². The van der Waals surface area contributed by atoms with Crippen molar-refractivity contribution in [2.75, 3.05) is 58.9 Å². The van der Waals surface area contributed by atoms with E-state index in [-0.39, 0.29) is 24.0 Å². The van der Waals surface area contributed by atoms with E-state index in [1.165, 1.54) is 38.6 Å². The van der Waals surface area contributed by atoms with Crippen LogP contribution in [0.15, 0.2) is 60.7 Å². The molecule has 0 aromatic heterocycles. The molecule has 4 fully saturated rings. The first kappa shape index (κ1) is 36.7. The lowest BCUT2D eigenvalue weighted by molar-refractivity contribution is -0.138. The number of carbonyl (C=O) groups is 3. The van der Waals surface area contributed by atoms with Gasteiger partial charge in [-0.2, -0.15) is 0 Å². The molecule has 2 aliphatic heterocycles. The van der Waals surface area contributed by atoms with Gasteiger partial charge in [0.2, 0.25) is 5.91 Å². The standard InChI is InChI=1S/C20H28N2O3.C20H30N2O2/c1-16-6-5-9-18(14-16)19(23)21-10-12-22(13-11-21)20(24)25-15-17-7-3-2-4-8-17;1-17-6-5-9-19(14-17)15-21-10-12-22(13-11-21)20(23)24-16-18-7-3-2-4-8-18/h2-4,7-8,16,18H,5-6,9-15H2,1H3;2-4,7-8,17,19H,5-6,9-16H2,1H3/t16-,18+;17-,19+/m11/s1. The van der Waals surface area contributed by atoms with E-state index in [4.69, 9.17) is 9.47 Å². The van der Waals surface area contributed by atoms with Crippen LogP contribution in [-0.4, -0.2) is 96.6 Å². The van der Waals surface area contributed by atoms with Crippen molar-refractivity contribution in [3.8, 4) is 0 Å². The van der Waals surface area contributed by atoms with Gasteiger partial charge in [0.15, 0.2) is 0 Å². The number of carbonyl (C=O) groups excluding carboxylic acids is 3. The highest BCUT2D eigenvalue weighted by Gasteiger charge is 2.32. The second kappa shape index (κ2) is 19.0. The summed E-state index contributed by atoms with van der Waals surface area (Å²) in [5.41, 5.74) is 2.02. The molecule has 2 saturated carbocycles. The summed E-state index contributed by atoms with van der Waals surface area (Å²) in [5.74, 6) is 2.85. The van der Waals surface area contributed by atoms with Crippen LogP contribution in [0, 0.1) is 23.7 Å². The third-order valence-corrected chi connectivity index (χ3v) is 10.7. The van der Waals surface area contributed by atoms with Crippen LogP contribution in [0.25, 0.3) is 0 Å². The van der Waals surface area contributed by atoms with Crippen molar-refractivity contribution in [2.24, 2.45) is 23.7 Å². The SMILES string of the molecule is C[C@@H]1CCC[C@H](C(=O)N2CCN(C(=O)OCc3ccccc3)CC2)C1.C[C@@H]1CCC[C@H](CN2CCN(C(=O)OCc3ccccc3)CC2)C1. The number of rotatable bonds is 7. The van der Waals surface area contributed by atoms with Gasteiger partial charge in [-0.15, -0.1) is 0 Å². The maximum atomic E-state index is 12.7. The Morgan fingerprint density at radius 3 is 1.57 bits per heavy atom. The van der Waals surface area contributed by atoms with Crippen LogP contribution in [0.1, 0.15) is 76.3 Å². The van der Waals surface area contributed by atoms with Crippen molar-refractivity contribution in [3.63, 3.8) is 0 Å². The van der Waals surface area contributed by atoms with Crippen LogP contribution >= 0.6 is 0 Å². The van der Waals surface area contributed by atoms with Gasteiger partial charge in [-0.1, -0.05) is 100 Å². The fraction of sp³-hybridized carbons (Fsp3) is 0.625. The van der Waals surface area contributed by atoms with E-state index in [1.807, 2.05) is 70.5 Å². The summed E-state index contributed by atoms with van der Waals surface area (Å²) in [7, 11) is 0. The highest BCUT2D eigenvalue weighted by Crippen LogP contribution is 2.31. The molecular formula is C40H58N4O5. The Morgan fingerprint density at radius 2 is 1.06 bits per heavy atom. The zero-order valence-corrected chi connectivity index (χ0v) is 29.8. The lowest BCUT2D eigenvalue weighted by atomic mass is 9.81. The van der Waals surface area contributed by atoms with Crippen molar-refractivity contribution in [2.45, 2.75) is 78.4 Å². The molecule has 0 bridgehead atoms. The molecule has 9 heteroatoms. The van der Waals surface area contributed by atoms with E-state index >= 15 is 0 Å². The van der Waals surface area contributed by atoms with Crippen molar-refractivity contribution < 1.29 is 23.9 Å². The maximum absolute atomic E-state index is 12.7. The summed E-state index contributed by atoms with van der Waals surface area (Å²) in [4.78, 5) is 45.1. The van der Waals surface area contributed by atoms with Crippen molar-refractivity contribution >= 4 is 18.1 Å². The number of amides is 3. The first-order chi connectivity index (χ1) is 23.8. The third-order valence-electron chi connectivity index (χ3n) is 10.7. The first-order valence-electron chi connectivity index (χ1n) is 18.8. The number of benzene rings is 2. The molecule has 268 valence electrons. The number of hydrogen-bond donors (Lipinski definition) is 0. The number of hydrogen-bond acceptors (Lipinski definition) is 6. The molecule has 2 aliphatic carbocycles. The quantitative estimate of drug-likeness (QED) is 0.313. The Morgan fingerprint density at radius 1 is 0.592 bits per heavy atom. The van der Waals surface area contributed by atoms with Gasteiger partial charge in [-0.3, -0.25) is 9.69 Å². The average Bonchev–Trinajstić information content (AvgIpc) is 3.14. The summed E-state index contributed by atoms with van der Waals surface area (Å²) in [6.07, 6.45) is 9.50. The van der Waals surface area contributed by atoms with Gasteiger partial charge in [0.05, 0.1) is 0 Å². The van der Waals surface area contributed by atoms with Gasteiger partial charge in [-0.25, -0.2) is 9.59 Å². The largest absolute Gasteiger partial charge is 0.445 e. The molecule has 4 atom stereocenters. The molecule has 2 saturated heterocycles. The van der Waals surface area contributed by atoms with Gasteiger partial charge < -0.3 is 24.2 Å². The van der Waals surface area contributed by atoms with Gasteiger partial charge in [0, 0.05) is 64.8 Å². The van der Waals surface area contributed by atoms with E-state index in [1.54, 1.807) is 4.90 Å². The summed E-state index contributed by atoms with van der Waals surface area (Å²) in [6.45, 7) is 12.4. The Kier molecular flexibility index (Phi) is 14.2. The minimum absolute atomic E-state index is 0.176. The normalized spacial score (nSPS) is 24.7. The lowest BCUT2D eigenvalue weighted by Gasteiger charge is -2.37. The monoisotopic (exact) mass is 674 g/mol. The molecule has 0 radical (unpaired) electrons. The lowest BCUT2D eigenvalue weighted by Crippen LogP contribution is -2.52. The minimum Gasteiger partial charge on any atom is -0.445 e. The number of nitrogens with zero attached hydrogens (tertiary/aromatic N) is 4. The van der Waals surface area contributed by atoms with Gasteiger partial charge >= 0.3 is 12.2 Å². The molecule has 2 heterocycles. The maximum Gasteiger partial charge on any atom is 0.410 e. The summed E-state index contributed by atoms with van der Waals surface area (Å²) >= 11 is 0. The topological polar surface area (TPSA) is 82.6 Å². The van der Waals surface area contributed by atoms with Crippen LogP contribution in [0.3, 0.4) is 0 Å². The Bertz CT molecular complexity index is 1290. The van der Waals surface area contributed by atoms with E-state index < -0.39 is 0 Å². The highest BCUT2D eigenvalue weighted by molar-refractivity contribution is 5.79. The molecule has 2 aromatic carbocycles. The summed E-state index contributed by atoms with van der Waals surface area (Å²) in [6, 6.07) is 19.5. The Labute approximate surface area is 293 Å². The number of ether oxygens (including phenoxy) is 2. The Hall–Kier alpha value is -3.59. The van der Waals surface area contributed by atoms with Crippen LogP contribution < -0.4 is 0 Å². The molecule has 0 spiro atoms. The van der Waals surface area contributed by atoms with Crippen LogP contribution in [0.2, 0.25) is 0 Å². The van der Waals surface area contributed by atoms with Crippen molar-refractivity contribution in [1.29, 1.82) is 0 Å². The molecule has 49 heavy (non-hydrogen) atoms. The van der Waals surface area contributed by atoms with E-state index in [0.717, 1.165) is 68.4 Å². The first-order valence-corrected chi connectivity index (χ1v) is 18.8. The van der Waals surface area contributed by atoms with Crippen molar-refractivity contribution in [3.05, 3.63) is 71.8 Å².